The van der Waals surface area contributed by atoms with E-state index in [0.29, 0.717) is 12.1 Å². The van der Waals surface area contributed by atoms with Gasteiger partial charge in [-0.2, -0.15) is 0 Å². The Morgan fingerprint density at radius 2 is 1.62 bits per heavy atom. The van der Waals surface area contributed by atoms with Crippen molar-refractivity contribution in [2.24, 2.45) is 5.92 Å². The van der Waals surface area contributed by atoms with Gasteiger partial charge in [0.05, 0.1) is 0 Å². The Morgan fingerprint density at radius 1 is 1.00 bits per heavy atom. The lowest BCUT2D eigenvalue weighted by Gasteiger charge is -2.26. The van der Waals surface area contributed by atoms with Crippen LogP contribution < -0.4 is 5.32 Å². The van der Waals surface area contributed by atoms with Crippen LogP contribution in [0.2, 0.25) is 0 Å². The van der Waals surface area contributed by atoms with Gasteiger partial charge in [0.25, 0.3) is 0 Å². The van der Waals surface area contributed by atoms with E-state index in [9.17, 15) is 0 Å². The molecule has 0 saturated heterocycles. The molecule has 0 aliphatic heterocycles. The lowest BCUT2D eigenvalue weighted by atomic mass is 9.97. The van der Waals surface area contributed by atoms with Crippen LogP contribution in [0.15, 0.2) is 30.3 Å². The molecule has 3 unspecified atom stereocenters. The Balaban J connectivity index is 2.62. The van der Waals surface area contributed by atoms with Crippen LogP contribution in [0.5, 0.6) is 0 Å². The van der Waals surface area contributed by atoms with Gasteiger partial charge in [0.15, 0.2) is 0 Å². The zero-order chi connectivity index (χ0) is 12.0. The molecule has 0 spiro atoms. The molecule has 0 bridgehead atoms. The molecule has 1 rings (SSSR count). The van der Waals surface area contributed by atoms with Crippen LogP contribution in [0.1, 0.15) is 52.1 Å². The molecule has 0 fully saturated rings. The highest BCUT2D eigenvalue weighted by molar-refractivity contribution is 5.18. The fourth-order valence-corrected chi connectivity index (χ4v) is 1.97. The second kappa shape index (κ2) is 6.70. The van der Waals surface area contributed by atoms with E-state index in [2.05, 4.69) is 63.3 Å². The number of nitrogens with one attached hydrogen (secondary N) is 1. The van der Waals surface area contributed by atoms with Crippen LogP contribution >= 0.6 is 0 Å². The van der Waals surface area contributed by atoms with Gasteiger partial charge in [0, 0.05) is 12.1 Å². The predicted octanol–water partition coefficient (Wildman–Crippen LogP) is 4.16. The molecule has 0 radical (unpaired) electrons. The zero-order valence-corrected chi connectivity index (χ0v) is 11.0. The van der Waals surface area contributed by atoms with Gasteiger partial charge in [-0.25, -0.2) is 0 Å². The molecule has 0 amide bonds. The molecular formula is C15H25N. The molecular weight excluding hydrogens is 194 g/mol. The summed E-state index contributed by atoms with van der Waals surface area (Å²) in [6, 6.07) is 11.8. The topological polar surface area (TPSA) is 12.0 Å². The summed E-state index contributed by atoms with van der Waals surface area (Å²) in [6.07, 6.45) is 2.38. The SMILES string of the molecule is CCC(NC(C)C(C)CC)c1ccccc1. The number of hydrogen-bond acceptors (Lipinski definition) is 1. The highest BCUT2D eigenvalue weighted by Gasteiger charge is 2.15. The van der Waals surface area contributed by atoms with Crippen molar-refractivity contribution in [2.75, 3.05) is 0 Å². The van der Waals surface area contributed by atoms with Gasteiger partial charge in [0.2, 0.25) is 0 Å². The van der Waals surface area contributed by atoms with Gasteiger partial charge < -0.3 is 5.32 Å². The third-order valence-electron chi connectivity index (χ3n) is 3.57. The number of rotatable bonds is 6. The van der Waals surface area contributed by atoms with Crippen molar-refractivity contribution in [3.63, 3.8) is 0 Å². The van der Waals surface area contributed by atoms with E-state index in [4.69, 9.17) is 0 Å². The summed E-state index contributed by atoms with van der Waals surface area (Å²) in [5.74, 6) is 0.734. The Morgan fingerprint density at radius 3 is 2.12 bits per heavy atom. The van der Waals surface area contributed by atoms with Crippen LogP contribution in [0.25, 0.3) is 0 Å². The standard InChI is InChI=1S/C15H25N/c1-5-12(3)13(4)16-15(6-2)14-10-8-7-9-11-14/h7-13,15-16H,5-6H2,1-4H3. The molecule has 90 valence electrons. The van der Waals surface area contributed by atoms with Crippen LogP contribution in [-0.4, -0.2) is 6.04 Å². The van der Waals surface area contributed by atoms with Crippen LogP contribution in [0, 0.1) is 5.92 Å². The smallest absolute Gasteiger partial charge is 0.0320 e. The summed E-state index contributed by atoms with van der Waals surface area (Å²) in [7, 11) is 0. The minimum Gasteiger partial charge on any atom is -0.307 e. The molecule has 1 heteroatoms. The molecule has 0 saturated carbocycles. The van der Waals surface area contributed by atoms with E-state index in [0.717, 1.165) is 12.3 Å². The third-order valence-corrected chi connectivity index (χ3v) is 3.57. The van der Waals surface area contributed by atoms with Gasteiger partial charge in [-0.05, 0) is 24.8 Å². The number of benzene rings is 1. The Labute approximate surface area is 100 Å². The second-order valence-electron chi connectivity index (χ2n) is 4.71. The molecule has 0 aliphatic rings. The normalized spacial score (nSPS) is 16.8. The lowest BCUT2D eigenvalue weighted by molar-refractivity contribution is 0.346. The largest absolute Gasteiger partial charge is 0.307 e. The number of hydrogen-bond donors (Lipinski definition) is 1. The average Bonchev–Trinajstić information content (AvgIpc) is 2.35. The summed E-state index contributed by atoms with van der Waals surface area (Å²) in [5, 5.41) is 3.73. The maximum Gasteiger partial charge on any atom is 0.0320 e. The minimum absolute atomic E-state index is 0.491. The summed E-state index contributed by atoms with van der Waals surface area (Å²) in [4.78, 5) is 0. The first-order valence-electron chi connectivity index (χ1n) is 6.50. The first-order valence-corrected chi connectivity index (χ1v) is 6.50. The van der Waals surface area contributed by atoms with Gasteiger partial charge in [-0.1, -0.05) is 57.5 Å². The van der Waals surface area contributed by atoms with E-state index in [-0.39, 0.29) is 0 Å². The monoisotopic (exact) mass is 219 g/mol. The van der Waals surface area contributed by atoms with E-state index in [1.807, 2.05) is 0 Å². The zero-order valence-electron chi connectivity index (χ0n) is 11.0. The summed E-state index contributed by atoms with van der Waals surface area (Å²) in [6.45, 7) is 9.11. The molecule has 1 N–H and O–H groups in total. The van der Waals surface area contributed by atoms with Crippen LogP contribution in [-0.2, 0) is 0 Å². The summed E-state index contributed by atoms with van der Waals surface area (Å²) < 4.78 is 0. The van der Waals surface area contributed by atoms with Crippen molar-refractivity contribution < 1.29 is 0 Å². The van der Waals surface area contributed by atoms with E-state index >= 15 is 0 Å². The second-order valence-corrected chi connectivity index (χ2v) is 4.71. The van der Waals surface area contributed by atoms with Crippen LogP contribution in [0.3, 0.4) is 0 Å². The molecule has 16 heavy (non-hydrogen) atoms. The van der Waals surface area contributed by atoms with Crippen molar-refractivity contribution in [3.8, 4) is 0 Å². The molecule has 1 aromatic rings. The van der Waals surface area contributed by atoms with Gasteiger partial charge >= 0.3 is 0 Å². The van der Waals surface area contributed by atoms with Crippen molar-refractivity contribution in [1.82, 2.24) is 5.32 Å². The summed E-state index contributed by atoms with van der Waals surface area (Å²) in [5.41, 5.74) is 1.40. The molecule has 1 aromatic carbocycles. The molecule has 3 atom stereocenters. The Kier molecular flexibility index (Phi) is 5.54. The van der Waals surface area contributed by atoms with Crippen LogP contribution in [0.4, 0.5) is 0 Å². The highest BCUT2D eigenvalue weighted by Crippen LogP contribution is 2.19. The molecule has 0 heterocycles. The minimum atomic E-state index is 0.491. The molecule has 1 nitrogen and oxygen atoms in total. The first kappa shape index (κ1) is 13.2. The third kappa shape index (κ3) is 3.64. The summed E-state index contributed by atoms with van der Waals surface area (Å²) >= 11 is 0. The van der Waals surface area contributed by atoms with E-state index < -0.39 is 0 Å². The van der Waals surface area contributed by atoms with E-state index in [1.165, 1.54) is 12.0 Å². The van der Waals surface area contributed by atoms with Gasteiger partial charge in [-0.15, -0.1) is 0 Å². The highest BCUT2D eigenvalue weighted by atomic mass is 14.9. The quantitative estimate of drug-likeness (QED) is 0.757. The fraction of sp³-hybridized carbons (Fsp3) is 0.600. The van der Waals surface area contributed by atoms with Crippen molar-refractivity contribution >= 4 is 0 Å². The van der Waals surface area contributed by atoms with Gasteiger partial charge in [-0.3, -0.25) is 0 Å². The first-order chi connectivity index (χ1) is 7.69. The van der Waals surface area contributed by atoms with E-state index in [1.54, 1.807) is 0 Å². The Hall–Kier alpha value is -0.820. The van der Waals surface area contributed by atoms with Crippen molar-refractivity contribution in [1.29, 1.82) is 0 Å². The fourth-order valence-electron chi connectivity index (χ4n) is 1.97. The lowest BCUT2D eigenvalue weighted by Crippen LogP contribution is -2.34. The van der Waals surface area contributed by atoms with Gasteiger partial charge in [0.1, 0.15) is 0 Å². The molecule has 0 aliphatic carbocycles. The average molecular weight is 219 g/mol. The molecule has 0 aromatic heterocycles. The maximum atomic E-state index is 3.73. The maximum absolute atomic E-state index is 3.73. The van der Waals surface area contributed by atoms with Crippen molar-refractivity contribution in [3.05, 3.63) is 35.9 Å². The predicted molar refractivity (Wildman–Crippen MR) is 71.5 cm³/mol. The Bertz CT molecular complexity index is 281. The van der Waals surface area contributed by atoms with Crippen molar-refractivity contribution in [2.45, 2.75) is 52.6 Å².